The maximum absolute atomic E-state index is 4.11. The number of pyridine rings is 1. The van der Waals surface area contributed by atoms with E-state index < -0.39 is 0 Å². The van der Waals surface area contributed by atoms with Crippen LogP contribution < -0.4 is 10.2 Å². The smallest absolute Gasteiger partial charge is 0.0364 e. The molecule has 0 spiro atoms. The quantitative estimate of drug-likeness (QED) is 0.783. The third kappa shape index (κ3) is 4.35. The van der Waals surface area contributed by atoms with E-state index in [0.29, 0.717) is 0 Å². The molecule has 0 saturated carbocycles. The molecular weight excluding hydrogens is 246 g/mol. The van der Waals surface area contributed by atoms with Crippen molar-refractivity contribution >= 4 is 5.69 Å². The largest absolute Gasteiger partial charge is 0.373 e. The number of aryl methyl sites for hydroxylation is 1. The molecule has 2 aromatic rings. The second kappa shape index (κ2) is 7.65. The lowest BCUT2D eigenvalue weighted by Gasteiger charge is -2.19. The highest BCUT2D eigenvalue weighted by atomic mass is 15.1. The molecule has 0 atom stereocenters. The van der Waals surface area contributed by atoms with Crippen molar-refractivity contribution < 1.29 is 0 Å². The van der Waals surface area contributed by atoms with Gasteiger partial charge in [0, 0.05) is 44.8 Å². The molecule has 106 valence electrons. The van der Waals surface area contributed by atoms with E-state index in [1.807, 2.05) is 12.3 Å². The Morgan fingerprint density at radius 3 is 2.55 bits per heavy atom. The fourth-order valence-electron chi connectivity index (χ4n) is 2.10. The van der Waals surface area contributed by atoms with Crippen LogP contribution in [0.2, 0.25) is 0 Å². The van der Waals surface area contributed by atoms with E-state index in [1.54, 1.807) is 6.20 Å². The summed E-state index contributed by atoms with van der Waals surface area (Å²) in [6, 6.07) is 12.9. The van der Waals surface area contributed by atoms with Crippen LogP contribution in [0.25, 0.3) is 0 Å². The predicted molar refractivity (Wildman–Crippen MR) is 85.0 cm³/mol. The van der Waals surface area contributed by atoms with E-state index in [1.165, 1.54) is 16.8 Å². The van der Waals surface area contributed by atoms with Crippen LogP contribution in [0.5, 0.6) is 0 Å². The van der Waals surface area contributed by atoms with Gasteiger partial charge in [-0.3, -0.25) is 4.98 Å². The normalized spacial score (nSPS) is 10.5. The molecular formula is C17H23N3. The molecule has 0 radical (unpaired) electrons. The molecule has 3 nitrogen and oxygen atoms in total. The average molecular weight is 269 g/mol. The minimum atomic E-state index is 0.871. The van der Waals surface area contributed by atoms with E-state index in [2.05, 4.69) is 59.5 Å². The number of aromatic nitrogens is 1. The zero-order valence-electron chi connectivity index (χ0n) is 12.3. The molecule has 0 amide bonds. The summed E-state index contributed by atoms with van der Waals surface area (Å²) in [6.07, 6.45) is 4.80. The summed E-state index contributed by atoms with van der Waals surface area (Å²) in [6.45, 7) is 5.00. The van der Waals surface area contributed by atoms with Crippen LogP contribution in [0.4, 0.5) is 5.69 Å². The number of likely N-dealkylation sites (N-methyl/N-ethyl adjacent to an activating group) is 1. The zero-order chi connectivity index (χ0) is 14.2. The highest BCUT2D eigenvalue weighted by molar-refractivity contribution is 5.46. The molecule has 2 rings (SSSR count). The Morgan fingerprint density at radius 1 is 1.10 bits per heavy atom. The molecule has 20 heavy (non-hydrogen) atoms. The first kappa shape index (κ1) is 14.5. The van der Waals surface area contributed by atoms with E-state index in [9.17, 15) is 0 Å². The summed E-state index contributed by atoms with van der Waals surface area (Å²) in [5.74, 6) is 0. The van der Waals surface area contributed by atoms with Gasteiger partial charge in [-0.1, -0.05) is 25.1 Å². The Morgan fingerprint density at radius 2 is 1.90 bits per heavy atom. The average Bonchev–Trinajstić information content (AvgIpc) is 2.52. The zero-order valence-corrected chi connectivity index (χ0v) is 12.3. The number of rotatable bonds is 7. The minimum Gasteiger partial charge on any atom is -0.373 e. The highest BCUT2D eigenvalue weighted by Crippen LogP contribution is 2.13. The Hall–Kier alpha value is -1.87. The molecule has 0 aliphatic rings. The molecule has 3 heteroatoms. The number of nitrogens with zero attached hydrogens (tertiary/aromatic N) is 2. The van der Waals surface area contributed by atoms with Crippen LogP contribution in [0.1, 0.15) is 18.1 Å². The van der Waals surface area contributed by atoms with Gasteiger partial charge < -0.3 is 10.2 Å². The van der Waals surface area contributed by atoms with Gasteiger partial charge >= 0.3 is 0 Å². The molecule has 0 aliphatic heterocycles. The van der Waals surface area contributed by atoms with Gasteiger partial charge in [0.25, 0.3) is 0 Å². The van der Waals surface area contributed by atoms with Gasteiger partial charge in [0.15, 0.2) is 0 Å². The second-order valence-corrected chi connectivity index (χ2v) is 4.98. The molecule has 0 fully saturated rings. The van der Waals surface area contributed by atoms with Gasteiger partial charge in [-0.2, -0.15) is 0 Å². The van der Waals surface area contributed by atoms with Crippen LogP contribution in [-0.4, -0.2) is 25.1 Å². The van der Waals surface area contributed by atoms with E-state index in [0.717, 1.165) is 26.1 Å². The van der Waals surface area contributed by atoms with Crippen molar-refractivity contribution in [1.29, 1.82) is 0 Å². The topological polar surface area (TPSA) is 28.2 Å². The summed E-state index contributed by atoms with van der Waals surface area (Å²) in [5.41, 5.74) is 3.88. The summed E-state index contributed by atoms with van der Waals surface area (Å²) < 4.78 is 0. The number of benzene rings is 1. The van der Waals surface area contributed by atoms with Gasteiger partial charge in [0.1, 0.15) is 0 Å². The molecule has 0 aliphatic carbocycles. The molecule has 0 unspecified atom stereocenters. The first-order chi connectivity index (χ1) is 9.79. The van der Waals surface area contributed by atoms with Crippen LogP contribution in [-0.2, 0) is 13.0 Å². The van der Waals surface area contributed by atoms with Gasteiger partial charge in [-0.05, 0) is 35.7 Å². The van der Waals surface area contributed by atoms with Gasteiger partial charge in [-0.25, -0.2) is 0 Å². The lowest BCUT2D eigenvalue weighted by Crippen LogP contribution is -2.28. The number of anilines is 1. The van der Waals surface area contributed by atoms with Crippen molar-refractivity contribution in [2.75, 3.05) is 25.0 Å². The molecule has 0 bridgehead atoms. The first-order valence-electron chi connectivity index (χ1n) is 7.19. The van der Waals surface area contributed by atoms with Crippen LogP contribution in [0, 0.1) is 0 Å². The lowest BCUT2D eigenvalue weighted by molar-refractivity contribution is 0.678. The fourth-order valence-corrected chi connectivity index (χ4v) is 2.10. The third-order valence-electron chi connectivity index (χ3n) is 3.46. The van der Waals surface area contributed by atoms with Gasteiger partial charge in [0.05, 0.1) is 0 Å². The molecule has 1 N–H and O–H groups in total. The predicted octanol–water partition coefficient (Wildman–Crippen LogP) is 2.87. The third-order valence-corrected chi connectivity index (χ3v) is 3.46. The standard InChI is InChI=1S/C17H23N3/c1-3-15-6-8-17(9-7-15)20(2)12-11-19-14-16-5-4-10-18-13-16/h4-10,13,19H,3,11-12,14H2,1-2H3. The molecule has 1 aromatic heterocycles. The minimum absolute atomic E-state index is 0.871. The van der Waals surface area contributed by atoms with E-state index in [4.69, 9.17) is 0 Å². The Bertz CT molecular complexity index is 493. The fraction of sp³-hybridized carbons (Fsp3) is 0.353. The van der Waals surface area contributed by atoms with Crippen molar-refractivity contribution in [3.05, 3.63) is 59.9 Å². The van der Waals surface area contributed by atoms with Crippen LogP contribution >= 0.6 is 0 Å². The van der Waals surface area contributed by atoms with Crippen LogP contribution in [0.3, 0.4) is 0 Å². The van der Waals surface area contributed by atoms with Crippen LogP contribution in [0.15, 0.2) is 48.8 Å². The first-order valence-corrected chi connectivity index (χ1v) is 7.19. The SMILES string of the molecule is CCc1ccc(N(C)CCNCc2cccnc2)cc1. The Kier molecular flexibility index (Phi) is 5.56. The second-order valence-electron chi connectivity index (χ2n) is 4.98. The number of hydrogen-bond donors (Lipinski definition) is 1. The maximum atomic E-state index is 4.11. The van der Waals surface area contributed by atoms with Crippen molar-refractivity contribution in [2.45, 2.75) is 19.9 Å². The summed E-state index contributed by atoms with van der Waals surface area (Å²) in [5, 5.41) is 3.44. The molecule has 0 saturated heterocycles. The Balaban J connectivity index is 1.73. The maximum Gasteiger partial charge on any atom is 0.0364 e. The van der Waals surface area contributed by atoms with Gasteiger partial charge in [0.2, 0.25) is 0 Å². The van der Waals surface area contributed by atoms with Crippen molar-refractivity contribution in [1.82, 2.24) is 10.3 Å². The van der Waals surface area contributed by atoms with Gasteiger partial charge in [-0.15, -0.1) is 0 Å². The van der Waals surface area contributed by atoms with Crippen molar-refractivity contribution in [3.63, 3.8) is 0 Å². The van der Waals surface area contributed by atoms with E-state index in [-0.39, 0.29) is 0 Å². The number of nitrogens with one attached hydrogen (secondary N) is 1. The highest BCUT2D eigenvalue weighted by Gasteiger charge is 2.00. The monoisotopic (exact) mass is 269 g/mol. The van der Waals surface area contributed by atoms with E-state index >= 15 is 0 Å². The number of hydrogen-bond acceptors (Lipinski definition) is 3. The summed E-state index contributed by atoms with van der Waals surface area (Å²) in [4.78, 5) is 6.39. The lowest BCUT2D eigenvalue weighted by atomic mass is 10.1. The molecule has 1 aromatic carbocycles. The Labute approximate surface area is 121 Å². The molecule has 1 heterocycles. The summed E-state index contributed by atoms with van der Waals surface area (Å²) in [7, 11) is 2.13. The van der Waals surface area contributed by atoms with Crippen molar-refractivity contribution in [2.24, 2.45) is 0 Å². The summed E-state index contributed by atoms with van der Waals surface area (Å²) >= 11 is 0. The van der Waals surface area contributed by atoms with Crippen molar-refractivity contribution in [3.8, 4) is 0 Å².